The normalized spacial score (nSPS) is 11.2. The summed E-state index contributed by atoms with van der Waals surface area (Å²) < 4.78 is 0. The predicted octanol–water partition coefficient (Wildman–Crippen LogP) is 4.46. The Morgan fingerprint density at radius 3 is 2.52 bits per heavy atom. The molecule has 7 nitrogen and oxygen atoms in total. The molecule has 0 fully saturated rings. The summed E-state index contributed by atoms with van der Waals surface area (Å²) in [5, 5.41) is 14.2. The number of rotatable bonds is 5. The maximum Gasteiger partial charge on any atom is 0.335 e. The van der Waals surface area contributed by atoms with Crippen molar-refractivity contribution in [3.63, 3.8) is 0 Å². The van der Waals surface area contributed by atoms with Crippen LogP contribution in [0.4, 0.5) is 17.5 Å². The van der Waals surface area contributed by atoms with Crippen LogP contribution in [0.5, 0.6) is 0 Å². The van der Waals surface area contributed by atoms with Crippen molar-refractivity contribution >= 4 is 45.2 Å². The van der Waals surface area contributed by atoms with Crippen LogP contribution >= 0.6 is 0 Å². The first-order valence-corrected chi connectivity index (χ1v) is 9.33. The molecule has 2 heterocycles. The van der Waals surface area contributed by atoms with Crippen molar-refractivity contribution in [1.29, 1.82) is 0 Å². The van der Waals surface area contributed by atoms with E-state index in [0.717, 1.165) is 16.5 Å². The Hall–Kier alpha value is -3.74. The van der Waals surface area contributed by atoms with Crippen LogP contribution in [0, 0.1) is 0 Å². The van der Waals surface area contributed by atoms with Crippen molar-refractivity contribution < 1.29 is 9.90 Å². The van der Waals surface area contributed by atoms with Gasteiger partial charge in [-0.15, -0.1) is 0 Å². The third-order valence-electron chi connectivity index (χ3n) is 4.64. The number of benzene rings is 2. The van der Waals surface area contributed by atoms with Crippen LogP contribution in [0.1, 0.15) is 24.2 Å². The van der Waals surface area contributed by atoms with Gasteiger partial charge in [0.15, 0.2) is 5.82 Å². The number of carboxylic acids is 1. The van der Waals surface area contributed by atoms with E-state index in [1.54, 1.807) is 24.4 Å². The van der Waals surface area contributed by atoms with Crippen molar-refractivity contribution in [3.05, 3.63) is 60.3 Å². The summed E-state index contributed by atoms with van der Waals surface area (Å²) in [7, 11) is 1.92. The van der Waals surface area contributed by atoms with E-state index in [4.69, 9.17) is 9.97 Å². The molecule has 0 radical (unpaired) electrons. The molecular formula is C22H21N5O2. The molecule has 2 aromatic heterocycles. The number of para-hydroxylation sites is 1. The summed E-state index contributed by atoms with van der Waals surface area (Å²) in [6.07, 6.45) is 1.76. The average molecular weight is 387 g/mol. The molecule has 0 atom stereocenters. The fraction of sp³-hybridized carbons (Fsp3) is 0.182. The number of fused-ring (bicyclic) bond motifs is 3. The lowest BCUT2D eigenvalue weighted by molar-refractivity contribution is 0.0697. The van der Waals surface area contributed by atoms with Gasteiger partial charge in [-0.25, -0.2) is 19.7 Å². The van der Waals surface area contributed by atoms with Crippen LogP contribution in [-0.2, 0) is 0 Å². The zero-order chi connectivity index (χ0) is 20.5. The molecule has 4 aromatic rings. The maximum atomic E-state index is 11.4. The van der Waals surface area contributed by atoms with Gasteiger partial charge in [0.25, 0.3) is 0 Å². The van der Waals surface area contributed by atoms with E-state index in [0.29, 0.717) is 22.8 Å². The summed E-state index contributed by atoms with van der Waals surface area (Å²) >= 11 is 0. The number of hydrogen-bond acceptors (Lipinski definition) is 6. The largest absolute Gasteiger partial charge is 0.478 e. The first kappa shape index (κ1) is 18.6. The highest BCUT2D eigenvalue weighted by Gasteiger charge is 2.17. The quantitative estimate of drug-likeness (QED) is 0.488. The summed E-state index contributed by atoms with van der Waals surface area (Å²) in [5.74, 6) is 0.174. The molecule has 0 unspecified atom stereocenters. The van der Waals surface area contributed by atoms with E-state index >= 15 is 0 Å². The van der Waals surface area contributed by atoms with Crippen LogP contribution in [0.3, 0.4) is 0 Å². The van der Waals surface area contributed by atoms with Crippen molar-refractivity contribution in [1.82, 2.24) is 15.0 Å². The molecule has 29 heavy (non-hydrogen) atoms. The molecule has 0 spiro atoms. The van der Waals surface area contributed by atoms with E-state index in [2.05, 4.69) is 10.3 Å². The van der Waals surface area contributed by atoms with Crippen molar-refractivity contribution in [2.24, 2.45) is 0 Å². The molecule has 146 valence electrons. The number of carbonyl (C=O) groups is 1. The Morgan fingerprint density at radius 2 is 1.83 bits per heavy atom. The van der Waals surface area contributed by atoms with Gasteiger partial charge in [-0.05, 0) is 38.1 Å². The summed E-state index contributed by atoms with van der Waals surface area (Å²) in [6, 6.07) is 15.0. The molecular weight excluding hydrogens is 366 g/mol. The molecule has 0 aliphatic heterocycles. The molecule has 0 aliphatic rings. The number of carboxylic acid groups (broad SMARTS) is 1. The number of nitrogens with one attached hydrogen (secondary N) is 1. The Morgan fingerprint density at radius 1 is 1.07 bits per heavy atom. The van der Waals surface area contributed by atoms with Gasteiger partial charge in [-0.1, -0.05) is 24.3 Å². The van der Waals surface area contributed by atoms with E-state index in [-0.39, 0.29) is 11.6 Å². The zero-order valence-corrected chi connectivity index (χ0v) is 16.4. The molecule has 0 aliphatic carbocycles. The minimum Gasteiger partial charge on any atom is -0.478 e. The number of anilines is 3. The second kappa shape index (κ2) is 7.35. The Labute approximate surface area is 168 Å². The first-order chi connectivity index (χ1) is 13.9. The molecule has 4 rings (SSSR count). The number of nitrogens with zero attached hydrogens (tertiary/aromatic N) is 4. The van der Waals surface area contributed by atoms with Crippen LogP contribution < -0.4 is 10.2 Å². The maximum absolute atomic E-state index is 11.4. The first-order valence-electron chi connectivity index (χ1n) is 9.33. The molecule has 2 aromatic carbocycles. The Kier molecular flexibility index (Phi) is 4.72. The third kappa shape index (κ3) is 3.54. The van der Waals surface area contributed by atoms with Gasteiger partial charge in [-0.2, -0.15) is 0 Å². The van der Waals surface area contributed by atoms with Gasteiger partial charge in [0, 0.05) is 35.7 Å². The third-order valence-corrected chi connectivity index (χ3v) is 4.64. The Balaban J connectivity index is 2.01. The van der Waals surface area contributed by atoms with E-state index in [1.165, 1.54) is 0 Å². The van der Waals surface area contributed by atoms with Gasteiger partial charge in [0.2, 0.25) is 5.95 Å². The molecule has 7 heteroatoms. The van der Waals surface area contributed by atoms with Gasteiger partial charge < -0.3 is 15.3 Å². The van der Waals surface area contributed by atoms with Gasteiger partial charge >= 0.3 is 5.97 Å². The highest BCUT2D eigenvalue weighted by atomic mass is 16.4. The second-order valence-electron chi connectivity index (χ2n) is 7.12. The molecule has 0 saturated heterocycles. The predicted molar refractivity (Wildman–Crippen MR) is 115 cm³/mol. The van der Waals surface area contributed by atoms with Crippen LogP contribution in [-0.4, -0.2) is 39.1 Å². The summed E-state index contributed by atoms with van der Waals surface area (Å²) in [4.78, 5) is 27.3. The van der Waals surface area contributed by atoms with Crippen molar-refractivity contribution in [2.75, 3.05) is 17.3 Å². The van der Waals surface area contributed by atoms with Crippen LogP contribution in [0.25, 0.3) is 21.8 Å². The van der Waals surface area contributed by atoms with Crippen LogP contribution in [0.15, 0.2) is 54.7 Å². The topological polar surface area (TPSA) is 91.2 Å². The number of pyridine rings is 1. The smallest absolute Gasteiger partial charge is 0.335 e. The van der Waals surface area contributed by atoms with Gasteiger partial charge in [-0.3, -0.25) is 0 Å². The lowest BCUT2D eigenvalue weighted by atomic mass is 10.1. The average Bonchev–Trinajstić information content (AvgIpc) is 2.72. The summed E-state index contributed by atoms with van der Waals surface area (Å²) in [6.45, 7) is 4.05. The van der Waals surface area contributed by atoms with Crippen LogP contribution in [0.2, 0.25) is 0 Å². The SMILES string of the molecule is CC(C)Nc1ncc2c(n1)c(N(C)c1ccccc1)nc1cc(C(=O)O)ccc12. The highest BCUT2D eigenvalue weighted by Crippen LogP contribution is 2.33. The molecule has 0 saturated carbocycles. The van der Waals surface area contributed by atoms with Gasteiger partial charge in [0.05, 0.1) is 11.1 Å². The number of aromatic nitrogens is 3. The standard InChI is InChI=1S/C22H21N5O2/c1-13(2)24-22-23-12-17-16-10-9-14(21(28)29)11-18(16)25-20(19(17)26-22)27(3)15-7-5-4-6-8-15/h4-13H,1-3H3,(H,28,29)(H,23,24,26). The van der Waals surface area contributed by atoms with Gasteiger partial charge in [0.1, 0.15) is 5.52 Å². The zero-order valence-electron chi connectivity index (χ0n) is 16.4. The summed E-state index contributed by atoms with van der Waals surface area (Å²) in [5.41, 5.74) is 2.43. The molecule has 0 bridgehead atoms. The van der Waals surface area contributed by atoms with Crippen molar-refractivity contribution in [3.8, 4) is 0 Å². The Bertz CT molecular complexity index is 1210. The monoisotopic (exact) mass is 387 g/mol. The van der Waals surface area contributed by atoms with Crippen molar-refractivity contribution in [2.45, 2.75) is 19.9 Å². The fourth-order valence-corrected chi connectivity index (χ4v) is 3.24. The lowest BCUT2D eigenvalue weighted by Gasteiger charge is -2.21. The minimum absolute atomic E-state index is 0.189. The number of aromatic carboxylic acids is 1. The molecule has 2 N–H and O–H groups in total. The van der Waals surface area contributed by atoms with E-state index in [9.17, 15) is 9.90 Å². The minimum atomic E-state index is -0.987. The fourth-order valence-electron chi connectivity index (χ4n) is 3.24. The second-order valence-corrected chi connectivity index (χ2v) is 7.12. The van der Waals surface area contributed by atoms with E-state index < -0.39 is 5.97 Å². The highest BCUT2D eigenvalue weighted by molar-refractivity contribution is 6.10. The number of hydrogen-bond donors (Lipinski definition) is 2. The lowest BCUT2D eigenvalue weighted by Crippen LogP contribution is -2.15. The van der Waals surface area contributed by atoms with E-state index in [1.807, 2.05) is 56.1 Å². The molecule has 0 amide bonds.